The van der Waals surface area contributed by atoms with E-state index in [4.69, 9.17) is 4.42 Å². The largest absolute Gasteiger partial charge is 0.452 e. The molecule has 1 N–H and O–H groups in total. The van der Waals surface area contributed by atoms with Crippen molar-refractivity contribution in [2.75, 3.05) is 0 Å². The molecule has 2 aromatic rings. The molecule has 20 heavy (non-hydrogen) atoms. The number of nitrogens with one attached hydrogen (secondary N) is 1. The van der Waals surface area contributed by atoms with Gasteiger partial charge in [-0.2, -0.15) is 5.10 Å². The number of fused-ring (bicyclic) bond motifs is 1. The van der Waals surface area contributed by atoms with Gasteiger partial charge >= 0.3 is 0 Å². The molecule has 1 atom stereocenters. The zero-order valence-electron chi connectivity index (χ0n) is 11.1. The second kappa shape index (κ2) is 5.02. The molecule has 3 rings (SSSR count). The highest BCUT2D eigenvalue weighted by Gasteiger charge is 2.27. The van der Waals surface area contributed by atoms with Gasteiger partial charge in [-0.15, -0.1) is 0 Å². The minimum atomic E-state index is -3.60. The van der Waals surface area contributed by atoms with Crippen molar-refractivity contribution in [2.45, 2.75) is 43.9 Å². The number of sulfonamides is 1. The average Bonchev–Trinajstić information content (AvgIpc) is 3.07. The molecule has 0 saturated heterocycles. The normalized spacial score (nSPS) is 18.9. The number of hydrogen-bond acceptors (Lipinski definition) is 5. The molecule has 0 bridgehead atoms. The molecule has 0 spiro atoms. The first-order chi connectivity index (χ1) is 9.58. The van der Waals surface area contributed by atoms with E-state index in [1.54, 1.807) is 10.7 Å². The minimum Gasteiger partial charge on any atom is -0.452 e. The first-order valence-corrected chi connectivity index (χ1v) is 8.05. The molecule has 0 aliphatic carbocycles. The van der Waals surface area contributed by atoms with Gasteiger partial charge in [0.1, 0.15) is 5.82 Å². The smallest absolute Gasteiger partial charge is 0.274 e. The molecule has 8 heteroatoms. The third kappa shape index (κ3) is 2.48. The number of furan rings is 1. The summed E-state index contributed by atoms with van der Waals surface area (Å²) >= 11 is 0. The molecule has 7 nitrogen and oxygen atoms in total. The fourth-order valence-corrected chi connectivity index (χ4v) is 3.49. The summed E-state index contributed by atoms with van der Waals surface area (Å²) < 4.78 is 33.6. The zero-order chi connectivity index (χ0) is 14.2. The minimum absolute atomic E-state index is 0.0591. The highest BCUT2D eigenvalue weighted by Crippen LogP contribution is 2.16. The fourth-order valence-electron chi connectivity index (χ4n) is 2.30. The number of aryl methyl sites for hydroxylation is 2. The number of aromatic nitrogens is 3. The van der Waals surface area contributed by atoms with Gasteiger partial charge in [0.2, 0.25) is 5.09 Å². The Morgan fingerprint density at radius 1 is 1.55 bits per heavy atom. The van der Waals surface area contributed by atoms with Crippen LogP contribution in [0.25, 0.3) is 0 Å². The van der Waals surface area contributed by atoms with Gasteiger partial charge in [0.25, 0.3) is 10.0 Å². The van der Waals surface area contributed by atoms with E-state index in [9.17, 15) is 8.42 Å². The zero-order valence-corrected chi connectivity index (χ0v) is 11.9. The molecule has 108 valence electrons. The van der Waals surface area contributed by atoms with Crippen molar-refractivity contribution in [1.29, 1.82) is 0 Å². The molecule has 3 heterocycles. The Balaban J connectivity index is 1.74. The highest BCUT2D eigenvalue weighted by atomic mass is 32.2. The van der Waals surface area contributed by atoms with Crippen LogP contribution in [-0.2, 0) is 29.4 Å². The molecule has 0 fully saturated rings. The quantitative estimate of drug-likeness (QED) is 0.898. The Bertz CT molecular complexity index is 690. The van der Waals surface area contributed by atoms with Crippen LogP contribution in [0.2, 0.25) is 0 Å². The lowest BCUT2D eigenvalue weighted by atomic mass is 10.1. The summed E-state index contributed by atoms with van der Waals surface area (Å²) in [6.45, 7) is 2.50. The summed E-state index contributed by atoms with van der Waals surface area (Å²) in [5.74, 6) is 1.73. The third-order valence-electron chi connectivity index (χ3n) is 3.30. The number of rotatable bonds is 4. The summed E-state index contributed by atoms with van der Waals surface area (Å²) in [6, 6.07) is 2.80. The second-order valence-corrected chi connectivity index (χ2v) is 6.41. The summed E-state index contributed by atoms with van der Waals surface area (Å²) in [7, 11) is -3.60. The Morgan fingerprint density at radius 2 is 2.40 bits per heavy atom. The van der Waals surface area contributed by atoms with Crippen molar-refractivity contribution < 1.29 is 12.8 Å². The van der Waals surface area contributed by atoms with Crippen LogP contribution in [0.3, 0.4) is 0 Å². The summed E-state index contributed by atoms with van der Waals surface area (Å²) in [6.07, 6.45) is 3.56. The summed E-state index contributed by atoms with van der Waals surface area (Å²) in [5, 5.41) is 4.30. The summed E-state index contributed by atoms with van der Waals surface area (Å²) in [4.78, 5) is 4.41. The highest BCUT2D eigenvalue weighted by molar-refractivity contribution is 7.89. The topological polar surface area (TPSA) is 90.0 Å². The Labute approximate surface area is 117 Å². The molecule has 0 radical (unpaired) electrons. The molecule has 1 aliphatic rings. The van der Waals surface area contributed by atoms with Crippen molar-refractivity contribution in [1.82, 2.24) is 19.5 Å². The Kier molecular flexibility index (Phi) is 3.35. The van der Waals surface area contributed by atoms with Gasteiger partial charge < -0.3 is 4.42 Å². The van der Waals surface area contributed by atoms with Crippen LogP contribution in [0.1, 0.15) is 25.0 Å². The van der Waals surface area contributed by atoms with Crippen LogP contribution in [0, 0.1) is 0 Å². The third-order valence-corrected chi connectivity index (χ3v) is 4.71. The van der Waals surface area contributed by atoms with Crippen molar-refractivity contribution in [3.63, 3.8) is 0 Å². The van der Waals surface area contributed by atoms with Gasteiger partial charge in [0.15, 0.2) is 5.82 Å². The van der Waals surface area contributed by atoms with Crippen LogP contribution in [0.5, 0.6) is 0 Å². The lowest BCUT2D eigenvalue weighted by Crippen LogP contribution is -2.41. The van der Waals surface area contributed by atoms with Gasteiger partial charge in [-0.1, -0.05) is 6.92 Å². The van der Waals surface area contributed by atoms with E-state index in [2.05, 4.69) is 14.8 Å². The van der Waals surface area contributed by atoms with E-state index in [0.29, 0.717) is 13.0 Å². The van der Waals surface area contributed by atoms with Crippen LogP contribution < -0.4 is 4.72 Å². The van der Waals surface area contributed by atoms with Crippen molar-refractivity contribution in [3.8, 4) is 0 Å². The van der Waals surface area contributed by atoms with Gasteiger partial charge in [-0.25, -0.2) is 22.8 Å². The summed E-state index contributed by atoms with van der Waals surface area (Å²) in [5.41, 5.74) is 0. The van der Waals surface area contributed by atoms with Gasteiger partial charge in [-0.05, 0) is 18.6 Å². The molecule has 1 unspecified atom stereocenters. The first kappa shape index (κ1) is 13.3. The first-order valence-electron chi connectivity index (χ1n) is 6.57. The van der Waals surface area contributed by atoms with E-state index in [1.807, 2.05) is 6.92 Å². The van der Waals surface area contributed by atoms with Crippen LogP contribution in [0.4, 0.5) is 0 Å². The van der Waals surface area contributed by atoms with E-state index in [-0.39, 0.29) is 11.1 Å². The molecular formula is C12H16N4O3S. The predicted molar refractivity (Wildman–Crippen MR) is 70.5 cm³/mol. The van der Waals surface area contributed by atoms with Crippen LogP contribution >= 0.6 is 0 Å². The number of nitrogens with zero attached hydrogens (tertiary/aromatic N) is 3. The second-order valence-electron chi connectivity index (χ2n) is 4.77. The van der Waals surface area contributed by atoms with Crippen molar-refractivity contribution in [2.24, 2.45) is 0 Å². The van der Waals surface area contributed by atoms with Gasteiger partial charge in [0.05, 0.1) is 12.8 Å². The predicted octanol–water partition coefficient (Wildman–Crippen LogP) is 0.727. The standard InChI is InChI=1S/C12H16N4O3S/c1-2-10-13-11-6-5-9(8-16(11)14-10)15-20(17,18)12-4-3-7-19-12/h3-4,7,9,15H,2,5-6,8H2,1H3. The lowest BCUT2D eigenvalue weighted by Gasteiger charge is -2.22. The van der Waals surface area contributed by atoms with Gasteiger partial charge in [0, 0.05) is 18.9 Å². The SMILES string of the molecule is CCc1nc2n(n1)CC(NS(=O)(=O)c1ccco1)CC2. The van der Waals surface area contributed by atoms with Crippen molar-refractivity contribution in [3.05, 3.63) is 30.0 Å². The monoisotopic (exact) mass is 296 g/mol. The molecule has 1 aliphatic heterocycles. The molecular weight excluding hydrogens is 280 g/mol. The molecule has 2 aromatic heterocycles. The van der Waals surface area contributed by atoms with Gasteiger partial charge in [-0.3, -0.25) is 0 Å². The number of hydrogen-bond donors (Lipinski definition) is 1. The molecule has 0 amide bonds. The average molecular weight is 296 g/mol. The van der Waals surface area contributed by atoms with Crippen LogP contribution in [-0.4, -0.2) is 29.2 Å². The van der Waals surface area contributed by atoms with Crippen LogP contribution in [0.15, 0.2) is 27.9 Å². The maximum absolute atomic E-state index is 12.1. The lowest BCUT2D eigenvalue weighted by molar-refractivity contribution is 0.385. The van der Waals surface area contributed by atoms with Crippen molar-refractivity contribution >= 4 is 10.0 Å². The Hall–Kier alpha value is -1.67. The maximum atomic E-state index is 12.1. The molecule has 0 aromatic carbocycles. The maximum Gasteiger partial charge on any atom is 0.274 e. The van der Waals surface area contributed by atoms with E-state index < -0.39 is 10.0 Å². The molecule has 0 saturated carbocycles. The van der Waals surface area contributed by atoms with E-state index in [1.165, 1.54) is 12.3 Å². The Morgan fingerprint density at radius 3 is 3.10 bits per heavy atom. The van der Waals surface area contributed by atoms with E-state index >= 15 is 0 Å². The van der Waals surface area contributed by atoms with E-state index in [0.717, 1.165) is 24.5 Å². The fraction of sp³-hybridized carbons (Fsp3) is 0.500.